The molecule has 0 spiro atoms. The Bertz CT molecular complexity index is 1400. The van der Waals surface area contributed by atoms with Crippen molar-refractivity contribution in [3.63, 3.8) is 0 Å². The van der Waals surface area contributed by atoms with Gasteiger partial charge in [0.1, 0.15) is 5.76 Å². The summed E-state index contributed by atoms with van der Waals surface area (Å²) in [4.78, 5) is 31.2. The summed E-state index contributed by atoms with van der Waals surface area (Å²) in [7, 11) is 0. The molecule has 176 valence electrons. The molecule has 34 heavy (non-hydrogen) atoms. The minimum absolute atomic E-state index is 0.161. The van der Waals surface area contributed by atoms with Gasteiger partial charge in [0.05, 0.1) is 29.0 Å². The van der Waals surface area contributed by atoms with Crippen LogP contribution in [0.25, 0.3) is 10.9 Å². The summed E-state index contributed by atoms with van der Waals surface area (Å²) in [6, 6.07) is 14.6. The number of carbonyl (C=O) groups is 1. The number of thioether (sulfide) groups is 1. The van der Waals surface area contributed by atoms with Crippen LogP contribution in [0, 0.1) is 6.92 Å². The minimum atomic E-state index is -0.508. The fraction of sp³-hybridized carbons (Fsp3) is 0.269. The quantitative estimate of drug-likeness (QED) is 0.242. The van der Waals surface area contributed by atoms with Gasteiger partial charge in [-0.1, -0.05) is 55.4 Å². The third-order valence-corrected chi connectivity index (χ3v) is 6.93. The molecule has 2 aromatic heterocycles. The van der Waals surface area contributed by atoms with E-state index in [1.54, 1.807) is 43.5 Å². The van der Waals surface area contributed by atoms with Gasteiger partial charge in [0, 0.05) is 10.7 Å². The largest absolute Gasteiger partial charge is 0.467 e. The van der Waals surface area contributed by atoms with Gasteiger partial charge in [0.2, 0.25) is 5.91 Å². The maximum atomic E-state index is 13.3. The van der Waals surface area contributed by atoms with Crippen LogP contribution in [0.2, 0.25) is 5.02 Å². The molecule has 8 heteroatoms. The van der Waals surface area contributed by atoms with E-state index in [1.807, 2.05) is 25.1 Å². The van der Waals surface area contributed by atoms with Gasteiger partial charge in [0.25, 0.3) is 5.56 Å². The molecule has 0 saturated heterocycles. The van der Waals surface area contributed by atoms with E-state index >= 15 is 0 Å². The fourth-order valence-corrected chi connectivity index (χ4v) is 4.81. The summed E-state index contributed by atoms with van der Waals surface area (Å²) in [5.41, 5.74) is 3.20. The third kappa shape index (κ3) is 5.05. The zero-order valence-electron chi connectivity index (χ0n) is 19.5. The molecule has 1 unspecified atom stereocenters. The number of amides is 1. The number of fused-ring (bicyclic) bond motifs is 1. The number of hydrogen-bond acceptors (Lipinski definition) is 5. The predicted molar refractivity (Wildman–Crippen MR) is 138 cm³/mol. The highest BCUT2D eigenvalue weighted by Gasteiger charge is 2.22. The highest BCUT2D eigenvalue weighted by atomic mass is 35.5. The molecule has 1 atom stereocenters. The van der Waals surface area contributed by atoms with Gasteiger partial charge in [-0.05, 0) is 61.2 Å². The number of para-hydroxylation sites is 1. The lowest BCUT2D eigenvalue weighted by molar-refractivity contribution is -0.115. The Labute approximate surface area is 207 Å². The number of benzene rings is 2. The molecular weight excluding hydrogens is 470 g/mol. The van der Waals surface area contributed by atoms with Crippen LogP contribution in [-0.2, 0) is 11.3 Å². The lowest BCUT2D eigenvalue weighted by Crippen LogP contribution is -2.27. The zero-order valence-corrected chi connectivity index (χ0v) is 21.0. The first-order chi connectivity index (χ1) is 16.2. The third-order valence-electron chi connectivity index (χ3n) is 5.60. The van der Waals surface area contributed by atoms with E-state index in [9.17, 15) is 9.59 Å². The number of hydrogen-bond donors (Lipinski definition) is 1. The Morgan fingerprint density at radius 1 is 1.18 bits per heavy atom. The predicted octanol–water partition coefficient (Wildman–Crippen LogP) is 6.24. The van der Waals surface area contributed by atoms with Crippen LogP contribution < -0.4 is 10.9 Å². The van der Waals surface area contributed by atoms with Crippen LogP contribution in [0.4, 0.5) is 5.69 Å². The van der Waals surface area contributed by atoms with Gasteiger partial charge in [0.15, 0.2) is 5.16 Å². The van der Waals surface area contributed by atoms with E-state index in [0.29, 0.717) is 26.8 Å². The standard InChI is InChI=1S/C26H26ClN3O3S/c1-15(2)20-9-5-7-16(3)23(20)29-24(31)17(4)34-26-28-22-13-18(27)10-11-21(22)25(32)30(26)14-19-8-6-12-33-19/h5-13,15,17H,14H2,1-4H3,(H,29,31). The summed E-state index contributed by atoms with van der Waals surface area (Å²) in [5.74, 6) is 0.729. The Balaban J connectivity index is 1.68. The zero-order chi connectivity index (χ0) is 24.4. The number of nitrogens with one attached hydrogen (secondary N) is 1. The summed E-state index contributed by atoms with van der Waals surface area (Å²) in [6.45, 7) is 8.19. The van der Waals surface area contributed by atoms with Gasteiger partial charge in [-0.2, -0.15) is 0 Å². The first-order valence-electron chi connectivity index (χ1n) is 11.0. The summed E-state index contributed by atoms with van der Waals surface area (Å²) in [6.07, 6.45) is 1.56. The van der Waals surface area contributed by atoms with Gasteiger partial charge >= 0.3 is 0 Å². The second-order valence-corrected chi connectivity index (χ2v) is 10.2. The van der Waals surface area contributed by atoms with Gasteiger partial charge in [-0.25, -0.2) is 4.98 Å². The van der Waals surface area contributed by atoms with Crippen molar-refractivity contribution in [2.45, 2.75) is 50.6 Å². The van der Waals surface area contributed by atoms with E-state index < -0.39 is 5.25 Å². The van der Waals surface area contributed by atoms with Gasteiger partial charge in [-0.15, -0.1) is 0 Å². The molecule has 0 fully saturated rings. The fourth-order valence-electron chi connectivity index (χ4n) is 3.74. The molecule has 2 aromatic carbocycles. The van der Waals surface area contributed by atoms with Crippen LogP contribution in [-0.4, -0.2) is 20.7 Å². The van der Waals surface area contributed by atoms with Crippen LogP contribution in [0.15, 0.2) is 69.2 Å². The molecule has 4 aromatic rings. The number of anilines is 1. The van der Waals surface area contributed by atoms with Crippen molar-refractivity contribution in [2.24, 2.45) is 0 Å². The van der Waals surface area contributed by atoms with Crippen molar-refractivity contribution < 1.29 is 9.21 Å². The molecule has 6 nitrogen and oxygen atoms in total. The molecule has 4 rings (SSSR count). The van der Waals surface area contributed by atoms with Crippen LogP contribution in [0.5, 0.6) is 0 Å². The van der Waals surface area contributed by atoms with Crippen LogP contribution >= 0.6 is 23.4 Å². The number of aryl methyl sites for hydroxylation is 1. The second kappa shape index (κ2) is 10.1. The van der Waals surface area contributed by atoms with Crippen molar-refractivity contribution >= 4 is 45.9 Å². The maximum absolute atomic E-state index is 13.3. The van der Waals surface area contributed by atoms with E-state index in [1.165, 1.54) is 16.3 Å². The van der Waals surface area contributed by atoms with Crippen molar-refractivity contribution in [3.8, 4) is 0 Å². The van der Waals surface area contributed by atoms with E-state index in [2.05, 4.69) is 24.1 Å². The summed E-state index contributed by atoms with van der Waals surface area (Å²) in [5, 5.41) is 3.96. The highest BCUT2D eigenvalue weighted by molar-refractivity contribution is 8.00. The minimum Gasteiger partial charge on any atom is -0.467 e. The topological polar surface area (TPSA) is 77.1 Å². The Morgan fingerprint density at radius 3 is 2.68 bits per heavy atom. The highest BCUT2D eigenvalue weighted by Crippen LogP contribution is 2.30. The van der Waals surface area contributed by atoms with Crippen LogP contribution in [0.1, 0.15) is 43.6 Å². The molecule has 0 bridgehead atoms. The van der Waals surface area contributed by atoms with E-state index in [0.717, 1.165) is 16.8 Å². The first kappa shape index (κ1) is 24.1. The number of nitrogens with zero attached hydrogens (tertiary/aromatic N) is 2. The van der Waals surface area contributed by atoms with Crippen molar-refractivity contribution in [2.75, 3.05) is 5.32 Å². The Hall–Kier alpha value is -3.03. The smallest absolute Gasteiger partial charge is 0.262 e. The molecule has 1 N–H and O–H groups in total. The molecule has 2 heterocycles. The summed E-state index contributed by atoms with van der Waals surface area (Å²) >= 11 is 7.37. The van der Waals surface area contributed by atoms with E-state index in [-0.39, 0.29) is 23.9 Å². The Morgan fingerprint density at radius 2 is 1.97 bits per heavy atom. The molecule has 0 radical (unpaired) electrons. The van der Waals surface area contributed by atoms with Gasteiger partial charge < -0.3 is 9.73 Å². The SMILES string of the molecule is Cc1cccc(C(C)C)c1NC(=O)C(C)Sc1nc2cc(Cl)ccc2c(=O)n1Cc1ccco1. The number of halogens is 1. The number of rotatable bonds is 7. The Kier molecular flexibility index (Phi) is 7.14. The van der Waals surface area contributed by atoms with Crippen molar-refractivity contribution in [1.29, 1.82) is 0 Å². The lowest BCUT2D eigenvalue weighted by atomic mass is 9.98. The molecule has 0 aliphatic heterocycles. The maximum Gasteiger partial charge on any atom is 0.262 e. The molecule has 0 aliphatic carbocycles. The van der Waals surface area contributed by atoms with Crippen molar-refractivity contribution in [3.05, 3.63) is 87.1 Å². The monoisotopic (exact) mass is 495 g/mol. The van der Waals surface area contributed by atoms with E-state index in [4.69, 9.17) is 16.0 Å². The number of furan rings is 1. The average molecular weight is 496 g/mol. The molecule has 1 amide bonds. The lowest BCUT2D eigenvalue weighted by Gasteiger charge is -2.19. The first-order valence-corrected chi connectivity index (χ1v) is 12.3. The molecule has 0 saturated carbocycles. The second-order valence-electron chi connectivity index (χ2n) is 8.47. The molecule has 0 aliphatic rings. The van der Waals surface area contributed by atoms with Crippen LogP contribution in [0.3, 0.4) is 0 Å². The molecular formula is C26H26ClN3O3S. The number of carbonyl (C=O) groups excluding carboxylic acids is 1. The normalized spacial score (nSPS) is 12.3. The van der Waals surface area contributed by atoms with Gasteiger partial charge in [-0.3, -0.25) is 14.2 Å². The average Bonchev–Trinajstić information content (AvgIpc) is 3.30. The number of aromatic nitrogens is 2. The van der Waals surface area contributed by atoms with Crippen molar-refractivity contribution in [1.82, 2.24) is 9.55 Å². The summed E-state index contributed by atoms with van der Waals surface area (Å²) < 4.78 is 7.00.